The Hall–Kier alpha value is -2.24. The molecular weight excluding hydrogens is 404 g/mol. The van der Waals surface area contributed by atoms with Crippen molar-refractivity contribution >= 4 is 23.7 Å². The number of carboxylic acids is 1. The first kappa shape index (κ1) is 28.8. The normalized spacial score (nSPS) is 13.9. The minimum absolute atomic E-state index is 0.0657. The third-order valence-corrected chi connectivity index (χ3v) is 4.65. The van der Waals surface area contributed by atoms with Crippen molar-refractivity contribution in [2.75, 3.05) is 19.6 Å². The molecule has 0 radical (unpaired) electrons. The number of carbonyl (C=O) groups is 4. The van der Waals surface area contributed by atoms with E-state index in [1.165, 1.54) is 0 Å². The van der Waals surface area contributed by atoms with E-state index in [1.807, 2.05) is 13.8 Å². The summed E-state index contributed by atoms with van der Waals surface area (Å²) in [6.45, 7) is 4.33. The van der Waals surface area contributed by atoms with Crippen LogP contribution in [0.3, 0.4) is 0 Å². The minimum atomic E-state index is -1.13. The summed E-state index contributed by atoms with van der Waals surface area (Å²) in [4.78, 5) is 48.3. The SMILES string of the molecule is CC(C)CC(NC(=O)C(CCCCN)NC(=O)CNC(=O)C(N)CCCCN)C(=O)O. The Morgan fingerprint density at radius 3 is 1.94 bits per heavy atom. The molecule has 180 valence electrons. The molecule has 3 atom stereocenters. The first-order chi connectivity index (χ1) is 14.6. The van der Waals surface area contributed by atoms with E-state index in [-0.39, 0.29) is 18.9 Å². The van der Waals surface area contributed by atoms with Crippen LogP contribution in [-0.4, -0.2) is 66.6 Å². The van der Waals surface area contributed by atoms with E-state index in [0.29, 0.717) is 45.2 Å². The maximum absolute atomic E-state index is 12.6. The molecule has 0 fully saturated rings. The van der Waals surface area contributed by atoms with Gasteiger partial charge in [-0.2, -0.15) is 0 Å². The fourth-order valence-corrected chi connectivity index (χ4v) is 2.91. The van der Waals surface area contributed by atoms with Gasteiger partial charge in [0.1, 0.15) is 12.1 Å². The van der Waals surface area contributed by atoms with Gasteiger partial charge in [0.05, 0.1) is 12.6 Å². The maximum Gasteiger partial charge on any atom is 0.326 e. The number of hydrogen-bond donors (Lipinski definition) is 7. The fraction of sp³-hybridized carbons (Fsp3) is 0.800. The second-order valence-electron chi connectivity index (χ2n) is 8.04. The van der Waals surface area contributed by atoms with Gasteiger partial charge >= 0.3 is 5.97 Å². The summed E-state index contributed by atoms with van der Waals surface area (Å²) >= 11 is 0. The molecule has 0 heterocycles. The van der Waals surface area contributed by atoms with Crippen LogP contribution < -0.4 is 33.2 Å². The summed E-state index contributed by atoms with van der Waals surface area (Å²) in [5.74, 6) is -2.67. The highest BCUT2D eigenvalue weighted by atomic mass is 16.4. The highest BCUT2D eigenvalue weighted by molar-refractivity contribution is 5.92. The summed E-state index contributed by atoms with van der Waals surface area (Å²) in [6, 6.07) is -2.72. The van der Waals surface area contributed by atoms with Gasteiger partial charge in [-0.1, -0.05) is 20.3 Å². The molecule has 0 aliphatic carbocycles. The zero-order valence-corrected chi connectivity index (χ0v) is 18.7. The largest absolute Gasteiger partial charge is 0.480 e. The molecule has 0 rings (SSSR count). The summed E-state index contributed by atoms with van der Waals surface area (Å²) < 4.78 is 0. The molecule has 0 aromatic carbocycles. The molecule has 0 bridgehead atoms. The number of unbranched alkanes of at least 4 members (excludes halogenated alkanes) is 2. The second kappa shape index (κ2) is 16.5. The van der Waals surface area contributed by atoms with Crippen LogP contribution in [0.1, 0.15) is 58.8 Å². The average Bonchev–Trinajstić information content (AvgIpc) is 2.70. The lowest BCUT2D eigenvalue weighted by molar-refractivity contribution is -0.142. The van der Waals surface area contributed by atoms with Crippen LogP contribution in [0.15, 0.2) is 0 Å². The average molecular weight is 445 g/mol. The Bertz CT molecular complexity index is 572. The van der Waals surface area contributed by atoms with Crippen molar-refractivity contribution in [1.82, 2.24) is 16.0 Å². The smallest absolute Gasteiger partial charge is 0.326 e. The van der Waals surface area contributed by atoms with Crippen molar-refractivity contribution in [2.24, 2.45) is 23.1 Å². The van der Waals surface area contributed by atoms with Crippen LogP contribution >= 0.6 is 0 Å². The van der Waals surface area contributed by atoms with Gasteiger partial charge in [-0.15, -0.1) is 0 Å². The predicted molar refractivity (Wildman–Crippen MR) is 118 cm³/mol. The number of aliphatic carboxylic acids is 1. The van der Waals surface area contributed by atoms with Gasteiger partial charge in [0.2, 0.25) is 17.7 Å². The van der Waals surface area contributed by atoms with Crippen molar-refractivity contribution in [2.45, 2.75) is 76.9 Å². The number of carbonyl (C=O) groups excluding carboxylic acids is 3. The molecule has 0 spiro atoms. The zero-order chi connectivity index (χ0) is 23.8. The lowest BCUT2D eigenvalue weighted by atomic mass is 10.0. The highest BCUT2D eigenvalue weighted by Crippen LogP contribution is 2.07. The van der Waals surface area contributed by atoms with Gasteiger partial charge in [0.25, 0.3) is 0 Å². The Balaban J connectivity index is 4.82. The van der Waals surface area contributed by atoms with E-state index in [0.717, 1.165) is 6.42 Å². The van der Waals surface area contributed by atoms with E-state index < -0.39 is 41.8 Å². The van der Waals surface area contributed by atoms with Crippen molar-refractivity contribution in [3.63, 3.8) is 0 Å². The number of carboxylic acid groups (broad SMARTS) is 1. The van der Waals surface area contributed by atoms with Crippen LogP contribution in [0, 0.1) is 5.92 Å². The lowest BCUT2D eigenvalue weighted by Gasteiger charge is -2.22. The lowest BCUT2D eigenvalue weighted by Crippen LogP contribution is -2.53. The Kier molecular flexibility index (Phi) is 15.3. The summed E-state index contributed by atoms with van der Waals surface area (Å²) in [7, 11) is 0. The third kappa shape index (κ3) is 13.6. The quantitative estimate of drug-likeness (QED) is 0.135. The molecule has 0 aromatic heterocycles. The molecule has 0 saturated carbocycles. The Morgan fingerprint density at radius 2 is 1.42 bits per heavy atom. The molecule has 0 aliphatic rings. The second-order valence-corrected chi connectivity index (χ2v) is 8.04. The minimum Gasteiger partial charge on any atom is -0.480 e. The van der Waals surface area contributed by atoms with Gasteiger partial charge in [-0.05, 0) is 57.5 Å². The van der Waals surface area contributed by atoms with Crippen molar-refractivity contribution in [1.29, 1.82) is 0 Å². The van der Waals surface area contributed by atoms with Gasteiger partial charge < -0.3 is 38.3 Å². The molecule has 0 aliphatic heterocycles. The Morgan fingerprint density at radius 1 is 0.839 bits per heavy atom. The zero-order valence-electron chi connectivity index (χ0n) is 18.7. The monoisotopic (exact) mass is 444 g/mol. The number of nitrogens with one attached hydrogen (secondary N) is 3. The number of nitrogens with two attached hydrogens (primary N) is 3. The summed E-state index contributed by atoms with van der Waals surface area (Å²) in [5.41, 5.74) is 16.7. The molecule has 3 amide bonds. The van der Waals surface area contributed by atoms with Crippen molar-refractivity contribution in [3.05, 3.63) is 0 Å². The summed E-state index contributed by atoms with van der Waals surface area (Å²) in [5, 5.41) is 16.8. The van der Waals surface area contributed by atoms with Crippen molar-refractivity contribution in [3.8, 4) is 0 Å². The van der Waals surface area contributed by atoms with Crippen LogP contribution in [0.2, 0.25) is 0 Å². The highest BCUT2D eigenvalue weighted by Gasteiger charge is 2.27. The predicted octanol–water partition coefficient (Wildman–Crippen LogP) is -1.21. The van der Waals surface area contributed by atoms with Gasteiger partial charge in [0, 0.05) is 0 Å². The Labute approximate surface area is 184 Å². The van der Waals surface area contributed by atoms with Crippen LogP contribution in [-0.2, 0) is 19.2 Å². The molecule has 0 saturated heterocycles. The number of amides is 3. The molecule has 31 heavy (non-hydrogen) atoms. The van der Waals surface area contributed by atoms with Crippen LogP contribution in [0.5, 0.6) is 0 Å². The first-order valence-corrected chi connectivity index (χ1v) is 10.9. The first-order valence-electron chi connectivity index (χ1n) is 10.9. The maximum atomic E-state index is 12.6. The topological polar surface area (TPSA) is 203 Å². The molecule has 11 nitrogen and oxygen atoms in total. The molecule has 3 unspecified atom stereocenters. The standard InChI is InChI=1S/C20H40N6O5/c1-13(2)11-16(20(30)31)26-19(29)15(8-4-6-10-22)25-17(27)12-24-18(28)14(23)7-3-5-9-21/h13-16H,3-12,21-23H2,1-2H3,(H,24,28)(H,25,27)(H,26,29)(H,30,31). The van der Waals surface area contributed by atoms with Gasteiger partial charge in [0.15, 0.2) is 0 Å². The van der Waals surface area contributed by atoms with Gasteiger partial charge in [-0.3, -0.25) is 14.4 Å². The van der Waals surface area contributed by atoms with E-state index in [1.54, 1.807) is 0 Å². The summed E-state index contributed by atoms with van der Waals surface area (Å²) in [6.07, 6.45) is 3.73. The molecule has 11 heteroatoms. The van der Waals surface area contributed by atoms with Crippen molar-refractivity contribution < 1.29 is 24.3 Å². The third-order valence-electron chi connectivity index (χ3n) is 4.65. The fourth-order valence-electron chi connectivity index (χ4n) is 2.91. The van der Waals surface area contributed by atoms with Gasteiger partial charge in [-0.25, -0.2) is 4.79 Å². The van der Waals surface area contributed by atoms with E-state index in [2.05, 4.69) is 16.0 Å². The van der Waals surface area contributed by atoms with E-state index in [9.17, 15) is 24.3 Å². The van der Waals surface area contributed by atoms with E-state index in [4.69, 9.17) is 17.2 Å². The number of hydrogen-bond acceptors (Lipinski definition) is 7. The van der Waals surface area contributed by atoms with E-state index >= 15 is 0 Å². The van der Waals surface area contributed by atoms with Crippen LogP contribution in [0.25, 0.3) is 0 Å². The number of rotatable bonds is 17. The molecular formula is C20H40N6O5. The van der Waals surface area contributed by atoms with Crippen LogP contribution in [0.4, 0.5) is 0 Å². The molecule has 10 N–H and O–H groups in total. The molecule has 0 aromatic rings.